The summed E-state index contributed by atoms with van der Waals surface area (Å²) in [6.07, 6.45) is -1.49. The summed E-state index contributed by atoms with van der Waals surface area (Å²) in [7, 11) is 0. The van der Waals surface area contributed by atoms with Gasteiger partial charge in [-0.2, -0.15) is 0 Å². The number of carboxylic acids is 1. The Labute approximate surface area is 103 Å². The average molecular weight is 255 g/mol. The van der Waals surface area contributed by atoms with Gasteiger partial charge in [-0.1, -0.05) is 18.2 Å². The van der Waals surface area contributed by atoms with Crippen molar-refractivity contribution in [1.82, 2.24) is 5.32 Å². The summed E-state index contributed by atoms with van der Waals surface area (Å²) in [6.45, 7) is 0. The van der Waals surface area contributed by atoms with Crippen molar-refractivity contribution < 1.29 is 19.1 Å². The Balaban J connectivity index is 2.79. The highest BCUT2D eigenvalue weighted by atomic mass is 19.1. The molecule has 98 valence electrons. The molecule has 1 aromatic carbocycles. The molecule has 7 heteroatoms. The molecule has 0 radical (unpaired) electrons. The van der Waals surface area contributed by atoms with Crippen LogP contribution in [0.15, 0.2) is 24.3 Å². The zero-order chi connectivity index (χ0) is 13.7. The maximum absolute atomic E-state index is 13.4. The molecule has 1 atom stereocenters. The van der Waals surface area contributed by atoms with Crippen molar-refractivity contribution in [3.63, 3.8) is 0 Å². The van der Waals surface area contributed by atoms with Gasteiger partial charge in [-0.25, -0.2) is 9.18 Å². The minimum Gasteiger partial charge on any atom is -0.480 e. The van der Waals surface area contributed by atoms with Gasteiger partial charge in [-0.15, -0.1) is 0 Å². The lowest BCUT2D eigenvalue weighted by Gasteiger charge is -2.16. The molecule has 0 spiro atoms. The van der Waals surface area contributed by atoms with Crippen LogP contribution < -0.4 is 16.8 Å². The molecular weight excluding hydrogens is 241 g/mol. The predicted octanol–water partition coefficient (Wildman–Crippen LogP) is -0.819. The Hall–Kier alpha value is -1.99. The van der Waals surface area contributed by atoms with E-state index in [1.54, 1.807) is 6.07 Å². The van der Waals surface area contributed by atoms with Gasteiger partial charge >= 0.3 is 5.97 Å². The summed E-state index contributed by atoms with van der Waals surface area (Å²) in [5, 5.41) is 11.1. The lowest BCUT2D eigenvalue weighted by Crippen LogP contribution is -2.52. The maximum Gasteiger partial charge on any atom is 0.326 e. The van der Waals surface area contributed by atoms with Crippen molar-refractivity contribution in [1.29, 1.82) is 0 Å². The van der Waals surface area contributed by atoms with E-state index in [2.05, 4.69) is 5.32 Å². The monoisotopic (exact) mass is 255 g/mol. The molecule has 0 heterocycles. The van der Waals surface area contributed by atoms with E-state index in [4.69, 9.17) is 16.6 Å². The SMILES string of the molecule is NC(N)C(=O)NC(Cc1ccccc1F)C(=O)O. The van der Waals surface area contributed by atoms with Crippen LogP contribution in [0, 0.1) is 5.82 Å². The van der Waals surface area contributed by atoms with Crippen molar-refractivity contribution in [3.8, 4) is 0 Å². The lowest BCUT2D eigenvalue weighted by molar-refractivity contribution is -0.141. The molecule has 0 saturated carbocycles. The fourth-order valence-corrected chi connectivity index (χ4v) is 1.35. The van der Waals surface area contributed by atoms with Gasteiger partial charge in [0.05, 0.1) is 0 Å². The second kappa shape index (κ2) is 6.08. The number of nitrogens with one attached hydrogen (secondary N) is 1. The van der Waals surface area contributed by atoms with Crippen molar-refractivity contribution in [3.05, 3.63) is 35.6 Å². The molecule has 0 aliphatic heterocycles. The molecule has 0 aliphatic rings. The van der Waals surface area contributed by atoms with Gasteiger partial charge in [-0.3, -0.25) is 4.79 Å². The van der Waals surface area contributed by atoms with E-state index in [-0.39, 0.29) is 12.0 Å². The Morgan fingerprint density at radius 3 is 2.44 bits per heavy atom. The Morgan fingerprint density at radius 2 is 1.94 bits per heavy atom. The highest BCUT2D eigenvalue weighted by molar-refractivity contribution is 5.86. The standard InChI is InChI=1S/C11H14FN3O3/c12-7-4-2-1-3-6(7)5-8(11(17)18)15-10(16)9(13)14/h1-4,8-9H,5,13-14H2,(H,15,16)(H,17,18). The summed E-state index contributed by atoms with van der Waals surface area (Å²) in [4.78, 5) is 22.2. The molecule has 6 nitrogen and oxygen atoms in total. The van der Waals surface area contributed by atoms with Crippen LogP contribution in [-0.2, 0) is 16.0 Å². The van der Waals surface area contributed by atoms with Crippen molar-refractivity contribution >= 4 is 11.9 Å². The second-order valence-corrected chi connectivity index (χ2v) is 3.72. The molecule has 0 bridgehead atoms. The molecule has 1 aromatic rings. The maximum atomic E-state index is 13.4. The van der Waals surface area contributed by atoms with Gasteiger partial charge in [0.15, 0.2) is 0 Å². The Bertz CT molecular complexity index is 451. The quantitative estimate of drug-likeness (QED) is 0.513. The van der Waals surface area contributed by atoms with E-state index in [0.29, 0.717) is 0 Å². The van der Waals surface area contributed by atoms with Crippen LogP contribution in [-0.4, -0.2) is 29.2 Å². The number of hydrogen-bond donors (Lipinski definition) is 4. The first-order valence-electron chi connectivity index (χ1n) is 5.19. The van der Waals surface area contributed by atoms with Crippen LogP contribution in [0.2, 0.25) is 0 Å². The molecule has 0 aromatic heterocycles. The van der Waals surface area contributed by atoms with Crippen LogP contribution in [0.3, 0.4) is 0 Å². The van der Waals surface area contributed by atoms with Gasteiger partial charge in [0.2, 0.25) is 0 Å². The number of benzene rings is 1. The first-order valence-corrected chi connectivity index (χ1v) is 5.19. The summed E-state index contributed by atoms with van der Waals surface area (Å²) >= 11 is 0. The highest BCUT2D eigenvalue weighted by Gasteiger charge is 2.23. The van der Waals surface area contributed by atoms with Crippen molar-refractivity contribution in [2.24, 2.45) is 11.5 Å². The largest absolute Gasteiger partial charge is 0.480 e. The van der Waals surface area contributed by atoms with Gasteiger partial charge in [0.1, 0.15) is 18.0 Å². The number of rotatable bonds is 5. The van der Waals surface area contributed by atoms with E-state index >= 15 is 0 Å². The van der Waals surface area contributed by atoms with Gasteiger partial charge in [-0.05, 0) is 11.6 Å². The Morgan fingerprint density at radius 1 is 1.33 bits per heavy atom. The van der Waals surface area contributed by atoms with E-state index in [0.717, 1.165) is 0 Å². The first-order chi connectivity index (χ1) is 8.41. The summed E-state index contributed by atoms with van der Waals surface area (Å²) in [5.41, 5.74) is 10.4. The normalized spacial score (nSPS) is 12.2. The zero-order valence-corrected chi connectivity index (χ0v) is 9.47. The predicted molar refractivity (Wildman–Crippen MR) is 61.8 cm³/mol. The van der Waals surface area contributed by atoms with E-state index in [9.17, 15) is 14.0 Å². The Kier molecular flexibility index (Phi) is 4.75. The molecule has 1 unspecified atom stereocenters. The zero-order valence-electron chi connectivity index (χ0n) is 9.47. The molecule has 1 rings (SSSR count). The van der Waals surface area contributed by atoms with Gasteiger partial charge in [0.25, 0.3) is 5.91 Å². The van der Waals surface area contributed by atoms with Crippen LogP contribution in [0.25, 0.3) is 0 Å². The summed E-state index contributed by atoms with van der Waals surface area (Å²) < 4.78 is 13.4. The van der Waals surface area contributed by atoms with Crippen LogP contribution >= 0.6 is 0 Å². The third-order valence-electron chi connectivity index (χ3n) is 2.30. The highest BCUT2D eigenvalue weighted by Crippen LogP contribution is 2.09. The molecule has 18 heavy (non-hydrogen) atoms. The number of halogens is 1. The first kappa shape index (κ1) is 14.1. The number of carboxylic acid groups (broad SMARTS) is 1. The van der Waals surface area contributed by atoms with E-state index in [1.807, 2.05) is 0 Å². The molecule has 0 fully saturated rings. The second-order valence-electron chi connectivity index (χ2n) is 3.72. The lowest BCUT2D eigenvalue weighted by atomic mass is 10.1. The fraction of sp³-hybridized carbons (Fsp3) is 0.273. The molecule has 0 aliphatic carbocycles. The number of carbonyl (C=O) groups is 2. The van der Waals surface area contributed by atoms with E-state index < -0.39 is 29.9 Å². The minimum absolute atomic E-state index is 0.180. The number of nitrogens with two attached hydrogens (primary N) is 2. The molecule has 1 amide bonds. The third kappa shape index (κ3) is 3.79. The summed E-state index contributed by atoms with van der Waals surface area (Å²) in [6, 6.07) is 4.45. The molecule has 0 saturated heterocycles. The van der Waals surface area contributed by atoms with Crippen LogP contribution in [0.1, 0.15) is 5.56 Å². The number of amides is 1. The van der Waals surface area contributed by atoms with Crippen molar-refractivity contribution in [2.45, 2.75) is 18.6 Å². The third-order valence-corrected chi connectivity index (χ3v) is 2.30. The number of aliphatic carboxylic acids is 1. The average Bonchev–Trinajstić information content (AvgIpc) is 2.30. The fourth-order valence-electron chi connectivity index (χ4n) is 1.35. The van der Waals surface area contributed by atoms with Crippen LogP contribution in [0.4, 0.5) is 4.39 Å². The van der Waals surface area contributed by atoms with Gasteiger partial charge < -0.3 is 21.9 Å². The van der Waals surface area contributed by atoms with Gasteiger partial charge in [0, 0.05) is 6.42 Å². The summed E-state index contributed by atoms with van der Waals surface area (Å²) in [5.74, 6) is -2.62. The topological polar surface area (TPSA) is 118 Å². The molecule has 6 N–H and O–H groups in total. The van der Waals surface area contributed by atoms with Crippen LogP contribution in [0.5, 0.6) is 0 Å². The number of hydrogen-bond acceptors (Lipinski definition) is 4. The minimum atomic E-state index is -1.31. The van der Waals surface area contributed by atoms with E-state index in [1.165, 1.54) is 18.2 Å². The number of carbonyl (C=O) groups excluding carboxylic acids is 1. The molecular formula is C11H14FN3O3. The van der Waals surface area contributed by atoms with Crippen molar-refractivity contribution in [2.75, 3.05) is 0 Å². The smallest absolute Gasteiger partial charge is 0.326 e.